The molecule has 0 radical (unpaired) electrons. The molecule has 1 fully saturated rings. The van der Waals surface area contributed by atoms with Gasteiger partial charge >= 0.3 is 0 Å². The van der Waals surface area contributed by atoms with Gasteiger partial charge in [0.15, 0.2) is 6.61 Å². The first-order valence-electron chi connectivity index (χ1n) is 10.6. The highest BCUT2D eigenvalue weighted by Gasteiger charge is 2.30. The number of sulfonamides is 1. The van der Waals surface area contributed by atoms with Crippen molar-refractivity contribution < 1.29 is 22.7 Å². The maximum Gasteiger partial charge on any atom is 0.255 e. The van der Waals surface area contributed by atoms with Crippen LogP contribution in [0.5, 0.6) is 5.75 Å². The van der Waals surface area contributed by atoms with Crippen LogP contribution >= 0.6 is 0 Å². The molecule has 0 aliphatic carbocycles. The van der Waals surface area contributed by atoms with Gasteiger partial charge < -0.3 is 15.4 Å². The average Bonchev–Trinajstić information content (AvgIpc) is 2.82. The third-order valence-corrected chi connectivity index (χ3v) is 7.60. The van der Waals surface area contributed by atoms with E-state index in [2.05, 4.69) is 13.8 Å². The number of amides is 2. The molecule has 32 heavy (non-hydrogen) atoms. The summed E-state index contributed by atoms with van der Waals surface area (Å²) in [7, 11) is -3.62. The maximum atomic E-state index is 13.0. The van der Waals surface area contributed by atoms with E-state index < -0.39 is 15.9 Å². The van der Waals surface area contributed by atoms with Gasteiger partial charge in [0.2, 0.25) is 10.0 Å². The molecular formula is C23H29N3O5S. The average molecular weight is 460 g/mol. The molecule has 172 valence electrons. The van der Waals surface area contributed by atoms with Crippen molar-refractivity contribution in [2.45, 2.75) is 31.1 Å². The molecule has 0 bridgehead atoms. The predicted molar refractivity (Wildman–Crippen MR) is 121 cm³/mol. The van der Waals surface area contributed by atoms with Crippen LogP contribution in [0.25, 0.3) is 0 Å². The summed E-state index contributed by atoms with van der Waals surface area (Å²) >= 11 is 0. The Morgan fingerprint density at radius 2 is 1.72 bits per heavy atom. The Kier molecular flexibility index (Phi) is 7.52. The minimum atomic E-state index is -3.62. The van der Waals surface area contributed by atoms with Crippen LogP contribution in [0.2, 0.25) is 0 Å². The molecule has 1 aliphatic rings. The SMILES string of the molecule is CCC(C)c1ccc(S(=O)(=O)N2CCN(C(=O)c3cccc(OCC(N)=O)c3)CC2)cc1. The number of nitrogens with two attached hydrogens (primary N) is 1. The Balaban J connectivity index is 1.63. The molecule has 1 unspecified atom stereocenters. The molecule has 2 aromatic rings. The molecule has 1 atom stereocenters. The van der Waals surface area contributed by atoms with Gasteiger partial charge in [-0.3, -0.25) is 9.59 Å². The van der Waals surface area contributed by atoms with Crippen LogP contribution in [0.15, 0.2) is 53.4 Å². The molecule has 0 spiro atoms. The predicted octanol–water partition coefficient (Wildman–Crippen LogP) is 2.21. The number of hydrogen-bond donors (Lipinski definition) is 1. The summed E-state index contributed by atoms with van der Waals surface area (Å²) in [6.07, 6.45) is 0.988. The fraction of sp³-hybridized carbons (Fsp3) is 0.391. The van der Waals surface area contributed by atoms with E-state index in [4.69, 9.17) is 10.5 Å². The minimum absolute atomic E-state index is 0.218. The van der Waals surface area contributed by atoms with Crippen molar-refractivity contribution in [3.63, 3.8) is 0 Å². The number of hydrogen-bond acceptors (Lipinski definition) is 5. The largest absolute Gasteiger partial charge is 0.484 e. The molecule has 1 heterocycles. The first-order chi connectivity index (χ1) is 15.2. The fourth-order valence-electron chi connectivity index (χ4n) is 3.54. The first-order valence-corrected chi connectivity index (χ1v) is 12.1. The monoisotopic (exact) mass is 459 g/mol. The van der Waals surface area contributed by atoms with Crippen molar-refractivity contribution in [2.24, 2.45) is 5.73 Å². The van der Waals surface area contributed by atoms with Crippen LogP contribution in [0, 0.1) is 0 Å². The minimum Gasteiger partial charge on any atom is -0.484 e. The van der Waals surface area contributed by atoms with Crippen molar-refractivity contribution >= 4 is 21.8 Å². The van der Waals surface area contributed by atoms with E-state index in [1.165, 1.54) is 4.31 Å². The van der Waals surface area contributed by atoms with E-state index >= 15 is 0 Å². The van der Waals surface area contributed by atoms with Gasteiger partial charge in [-0.15, -0.1) is 0 Å². The Morgan fingerprint density at radius 1 is 1.06 bits per heavy atom. The van der Waals surface area contributed by atoms with Crippen LogP contribution in [0.3, 0.4) is 0 Å². The molecule has 2 amide bonds. The number of primary amides is 1. The van der Waals surface area contributed by atoms with E-state index in [-0.39, 0.29) is 43.6 Å². The topological polar surface area (TPSA) is 110 Å². The summed E-state index contributed by atoms with van der Waals surface area (Å²) in [6.45, 7) is 4.95. The number of piperazine rings is 1. The highest BCUT2D eigenvalue weighted by molar-refractivity contribution is 7.89. The zero-order chi connectivity index (χ0) is 23.3. The first kappa shape index (κ1) is 23.7. The van der Waals surface area contributed by atoms with Crippen LogP contribution in [0.1, 0.15) is 42.1 Å². The number of nitrogens with zero attached hydrogens (tertiary/aromatic N) is 2. The van der Waals surface area contributed by atoms with Crippen molar-refractivity contribution in [1.29, 1.82) is 0 Å². The zero-order valence-electron chi connectivity index (χ0n) is 18.4. The Labute approximate surface area is 189 Å². The lowest BCUT2D eigenvalue weighted by atomic mass is 9.99. The zero-order valence-corrected chi connectivity index (χ0v) is 19.2. The van der Waals surface area contributed by atoms with E-state index in [9.17, 15) is 18.0 Å². The third kappa shape index (κ3) is 5.46. The fourth-order valence-corrected chi connectivity index (χ4v) is 4.96. The van der Waals surface area contributed by atoms with Gasteiger partial charge in [0, 0.05) is 31.7 Å². The van der Waals surface area contributed by atoms with Crippen molar-refractivity contribution in [1.82, 2.24) is 9.21 Å². The van der Waals surface area contributed by atoms with Crippen LogP contribution in [-0.2, 0) is 14.8 Å². The number of carbonyl (C=O) groups is 2. The maximum absolute atomic E-state index is 13.0. The molecule has 3 rings (SSSR count). The number of benzene rings is 2. The van der Waals surface area contributed by atoms with Gasteiger partial charge in [0.1, 0.15) is 5.75 Å². The van der Waals surface area contributed by atoms with E-state index in [1.54, 1.807) is 41.3 Å². The second-order valence-corrected chi connectivity index (χ2v) is 9.80. The summed E-state index contributed by atoms with van der Waals surface area (Å²) in [6, 6.07) is 13.6. The molecule has 1 aliphatic heterocycles. The second-order valence-electron chi connectivity index (χ2n) is 7.86. The Morgan fingerprint density at radius 3 is 2.31 bits per heavy atom. The van der Waals surface area contributed by atoms with E-state index in [1.807, 2.05) is 12.1 Å². The molecule has 9 heteroatoms. The van der Waals surface area contributed by atoms with Crippen molar-refractivity contribution in [3.8, 4) is 5.75 Å². The highest BCUT2D eigenvalue weighted by Crippen LogP contribution is 2.23. The van der Waals surface area contributed by atoms with Gasteiger partial charge in [-0.05, 0) is 48.2 Å². The van der Waals surface area contributed by atoms with Gasteiger partial charge in [-0.25, -0.2) is 8.42 Å². The number of rotatable bonds is 8. The smallest absolute Gasteiger partial charge is 0.255 e. The van der Waals surface area contributed by atoms with Gasteiger partial charge in [0.25, 0.3) is 11.8 Å². The van der Waals surface area contributed by atoms with Gasteiger partial charge in [-0.1, -0.05) is 32.0 Å². The molecule has 0 saturated carbocycles. The third-order valence-electron chi connectivity index (χ3n) is 5.69. The summed E-state index contributed by atoms with van der Waals surface area (Å²) in [4.78, 5) is 25.6. The van der Waals surface area contributed by atoms with Crippen LogP contribution in [-0.4, -0.2) is 62.2 Å². The van der Waals surface area contributed by atoms with E-state index in [0.29, 0.717) is 17.2 Å². The lowest BCUT2D eigenvalue weighted by Crippen LogP contribution is -2.50. The van der Waals surface area contributed by atoms with Gasteiger partial charge in [0.05, 0.1) is 4.90 Å². The lowest BCUT2D eigenvalue weighted by molar-refractivity contribution is -0.119. The molecule has 1 saturated heterocycles. The summed E-state index contributed by atoms with van der Waals surface area (Å²) in [5.74, 6) is -0.0734. The van der Waals surface area contributed by atoms with Crippen molar-refractivity contribution in [2.75, 3.05) is 32.8 Å². The molecule has 2 N–H and O–H groups in total. The highest BCUT2D eigenvalue weighted by atomic mass is 32.2. The summed E-state index contributed by atoms with van der Waals surface area (Å²) in [5, 5.41) is 0. The lowest BCUT2D eigenvalue weighted by Gasteiger charge is -2.34. The normalized spacial score (nSPS) is 15.9. The van der Waals surface area contributed by atoms with E-state index in [0.717, 1.165) is 12.0 Å². The van der Waals surface area contributed by atoms with Crippen LogP contribution in [0.4, 0.5) is 0 Å². The number of ether oxygens (including phenoxy) is 1. The Bertz CT molecular complexity index is 1060. The molecule has 8 nitrogen and oxygen atoms in total. The van der Waals surface area contributed by atoms with Crippen LogP contribution < -0.4 is 10.5 Å². The second kappa shape index (κ2) is 10.1. The summed E-state index contributed by atoms with van der Waals surface area (Å²) in [5.41, 5.74) is 6.60. The van der Waals surface area contributed by atoms with Crippen molar-refractivity contribution in [3.05, 3.63) is 59.7 Å². The molecule has 0 aromatic heterocycles. The van der Waals surface area contributed by atoms with Gasteiger partial charge in [-0.2, -0.15) is 4.31 Å². The standard InChI is InChI=1S/C23H29N3O5S/c1-3-17(2)18-7-9-21(10-8-18)32(29,30)26-13-11-25(12-14-26)23(28)19-5-4-6-20(15-19)31-16-22(24)27/h4-10,15,17H,3,11-14,16H2,1-2H3,(H2,24,27). The molecule has 2 aromatic carbocycles. The Hall–Kier alpha value is -2.91. The summed E-state index contributed by atoms with van der Waals surface area (Å²) < 4.78 is 32.7. The quantitative estimate of drug-likeness (QED) is 0.651. The number of carbonyl (C=O) groups excluding carboxylic acids is 2. The molecular weight excluding hydrogens is 430 g/mol.